The van der Waals surface area contributed by atoms with Gasteiger partial charge in [-0.05, 0) is 18.2 Å². The van der Waals surface area contributed by atoms with Crippen LogP contribution >= 0.6 is 0 Å². The largest absolute Gasteiger partial charge is 0.319 e. The Labute approximate surface area is 83.5 Å². The number of allylic oxidation sites excluding steroid dienone is 2. The highest BCUT2D eigenvalue weighted by molar-refractivity contribution is 6.03. The summed E-state index contributed by atoms with van der Waals surface area (Å²) in [5, 5.41) is 0. The van der Waals surface area contributed by atoms with Crippen molar-refractivity contribution in [3.05, 3.63) is 54.6 Å². The summed E-state index contributed by atoms with van der Waals surface area (Å²) in [6.07, 6.45) is 7.76. The van der Waals surface area contributed by atoms with Gasteiger partial charge in [-0.2, -0.15) is 0 Å². The van der Waals surface area contributed by atoms with Gasteiger partial charge in [-0.3, -0.25) is 4.99 Å². The van der Waals surface area contributed by atoms with Gasteiger partial charge in [-0.1, -0.05) is 36.4 Å². The Bertz CT molecular complexity index is 388. The molecule has 1 aliphatic rings. The van der Waals surface area contributed by atoms with Crippen molar-refractivity contribution in [3.63, 3.8) is 0 Å². The van der Waals surface area contributed by atoms with Crippen molar-refractivity contribution in [1.29, 1.82) is 0 Å². The molecule has 2 heteroatoms. The van der Waals surface area contributed by atoms with E-state index in [1.807, 2.05) is 54.6 Å². The Morgan fingerprint density at radius 3 is 2.57 bits per heavy atom. The van der Waals surface area contributed by atoms with Gasteiger partial charge in [-0.15, -0.1) is 0 Å². The van der Waals surface area contributed by atoms with E-state index in [4.69, 9.17) is 5.73 Å². The third-order valence-electron chi connectivity index (χ3n) is 2.05. The number of nitrogens with zero attached hydrogens (tertiary/aromatic N) is 1. The monoisotopic (exact) mass is 184 g/mol. The lowest BCUT2D eigenvalue weighted by Crippen LogP contribution is -2.27. The maximum atomic E-state index is 5.86. The number of hydrogen-bond donors (Lipinski definition) is 1. The highest BCUT2D eigenvalue weighted by Gasteiger charge is 2.06. The lowest BCUT2D eigenvalue weighted by atomic mass is 10.1. The van der Waals surface area contributed by atoms with Gasteiger partial charge in [0.15, 0.2) is 0 Å². The molecule has 1 aromatic carbocycles. The third kappa shape index (κ3) is 1.98. The van der Waals surface area contributed by atoms with E-state index in [0.717, 1.165) is 11.4 Å². The number of aliphatic imine (C=N–C) groups is 1. The molecule has 1 atom stereocenters. The lowest BCUT2D eigenvalue weighted by molar-refractivity contribution is 1.08. The molecular formula is C12H12N2. The van der Waals surface area contributed by atoms with Crippen LogP contribution in [0.15, 0.2) is 59.6 Å². The van der Waals surface area contributed by atoms with Gasteiger partial charge >= 0.3 is 0 Å². The summed E-state index contributed by atoms with van der Waals surface area (Å²) >= 11 is 0. The zero-order chi connectivity index (χ0) is 9.80. The van der Waals surface area contributed by atoms with E-state index in [2.05, 4.69) is 4.99 Å². The lowest BCUT2D eigenvalue weighted by Gasteiger charge is -2.09. The summed E-state index contributed by atoms with van der Waals surface area (Å²) in [7, 11) is 0. The Hall–Kier alpha value is -1.67. The molecule has 1 aliphatic carbocycles. The molecule has 0 saturated carbocycles. The van der Waals surface area contributed by atoms with Crippen LogP contribution in [-0.4, -0.2) is 11.8 Å². The molecule has 1 unspecified atom stereocenters. The van der Waals surface area contributed by atoms with Crippen LogP contribution in [0.4, 0.5) is 5.69 Å². The van der Waals surface area contributed by atoms with E-state index in [-0.39, 0.29) is 6.04 Å². The fourth-order valence-corrected chi connectivity index (χ4v) is 1.31. The zero-order valence-corrected chi connectivity index (χ0v) is 7.80. The second-order valence-electron chi connectivity index (χ2n) is 3.14. The van der Waals surface area contributed by atoms with Crippen molar-refractivity contribution in [2.45, 2.75) is 6.04 Å². The predicted molar refractivity (Wildman–Crippen MR) is 59.8 cm³/mol. The third-order valence-corrected chi connectivity index (χ3v) is 2.05. The first-order valence-electron chi connectivity index (χ1n) is 4.60. The predicted octanol–water partition coefficient (Wildman–Crippen LogP) is 2.21. The number of rotatable bonds is 1. The fourth-order valence-electron chi connectivity index (χ4n) is 1.31. The van der Waals surface area contributed by atoms with Gasteiger partial charge < -0.3 is 5.73 Å². The first-order valence-corrected chi connectivity index (χ1v) is 4.60. The Balaban J connectivity index is 2.27. The first-order chi connectivity index (χ1) is 6.86. The summed E-state index contributed by atoms with van der Waals surface area (Å²) in [5.74, 6) is 0. The molecule has 2 N–H and O–H groups in total. The number of para-hydroxylation sites is 1. The van der Waals surface area contributed by atoms with Crippen molar-refractivity contribution in [1.82, 2.24) is 0 Å². The van der Waals surface area contributed by atoms with Crippen LogP contribution in [0.25, 0.3) is 0 Å². The quantitative estimate of drug-likeness (QED) is 0.714. The molecular weight excluding hydrogens is 172 g/mol. The summed E-state index contributed by atoms with van der Waals surface area (Å²) in [6, 6.07) is 9.75. The molecule has 2 rings (SSSR count). The van der Waals surface area contributed by atoms with Crippen molar-refractivity contribution >= 4 is 11.4 Å². The Morgan fingerprint density at radius 1 is 1.07 bits per heavy atom. The van der Waals surface area contributed by atoms with Crippen LogP contribution in [-0.2, 0) is 0 Å². The van der Waals surface area contributed by atoms with Crippen LogP contribution < -0.4 is 5.73 Å². The van der Waals surface area contributed by atoms with Gasteiger partial charge in [0.2, 0.25) is 0 Å². The molecule has 0 saturated heterocycles. The van der Waals surface area contributed by atoms with Crippen molar-refractivity contribution in [3.8, 4) is 0 Å². The van der Waals surface area contributed by atoms with Crippen LogP contribution in [0.1, 0.15) is 0 Å². The minimum Gasteiger partial charge on any atom is -0.319 e. The summed E-state index contributed by atoms with van der Waals surface area (Å²) in [5.41, 5.74) is 7.70. The molecule has 70 valence electrons. The van der Waals surface area contributed by atoms with Gasteiger partial charge in [0.1, 0.15) is 0 Å². The average molecular weight is 184 g/mol. The first kappa shape index (κ1) is 8.91. The van der Waals surface area contributed by atoms with E-state index in [0.29, 0.717) is 0 Å². The minimum atomic E-state index is -0.0831. The van der Waals surface area contributed by atoms with Gasteiger partial charge in [0, 0.05) is 0 Å². The topological polar surface area (TPSA) is 38.4 Å². The van der Waals surface area contributed by atoms with Crippen LogP contribution in [0.5, 0.6) is 0 Å². The van der Waals surface area contributed by atoms with Gasteiger partial charge in [0.05, 0.1) is 17.4 Å². The zero-order valence-electron chi connectivity index (χ0n) is 7.80. The molecule has 1 aromatic rings. The molecule has 0 radical (unpaired) electrons. The standard InChI is InChI=1S/C12H12N2/c13-11-8-4-5-9-12(11)14-10-6-2-1-3-7-10/h1-9,11H,13H2. The molecule has 2 nitrogen and oxygen atoms in total. The molecule has 0 aromatic heterocycles. The van der Waals surface area contributed by atoms with E-state index >= 15 is 0 Å². The van der Waals surface area contributed by atoms with Crippen LogP contribution in [0.2, 0.25) is 0 Å². The smallest absolute Gasteiger partial charge is 0.0659 e. The van der Waals surface area contributed by atoms with Gasteiger partial charge in [-0.25, -0.2) is 0 Å². The van der Waals surface area contributed by atoms with E-state index in [1.54, 1.807) is 0 Å². The SMILES string of the molecule is NC1C=CC=CC1=Nc1ccccc1. The molecule has 0 amide bonds. The van der Waals surface area contributed by atoms with E-state index in [9.17, 15) is 0 Å². The van der Waals surface area contributed by atoms with Crippen LogP contribution in [0.3, 0.4) is 0 Å². The fraction of sp³-hybridized carbons (Fsp3) is 0.0833. The minimum absolute atomic E-state index is 0.0831. The molecule has 0 spiro atoms. The Kier molecular flexibility index (Phi) is 2.56. The normalized spacial score (nSPS) is 22.9. The molecule has 0 aliphatic heterocycles. The van der Waals surface area contributed by atoms with Crippen molar-refractivity contribution in [2.75, 3.05) is 0 Å². The maximum absolute atomic E-state index is 5.86. The molecule has 0 bridgehead atoms. The maximum Gasteiger partial charge on any atom is 0.0659 e. The highest BCUT2D eigenvalue weighted by atomic mass is 14.8. The molecule has 0 heterocycles. The molecule has 0 fully saturated rings. The van der Waals surface area contributed by atoms with Gasteiger partial charge in [0.25, 0.3) is 0 Å². The van der Waals surface area contributed by atoms with E-state index < -0.39 is 0 Å². The second kappa shape index (κ2) is 4.03. The van der Waals surface area contributed by atoms with Crippen molar-refractivity contribution in [2.24, 2.45) is 10.7 Å². The summed E-state index contributed by atoms with van der Waals surface area (Å²) < 4.78 is 0. The summed E-state index contributed by atoms with van der Waals surface area (Å²) in [6.45, 7) is 0. The molecule has 14 heavy (non-hydrogen) atoms. The second-order valence-corrected chi connectivity index (χ2v) is 3.14. The highest BCUT2D eigenvalue weighted by Crippen LogP contribution is 2.12. The summed E-state index contributed by atoms with van der Waals surface area (Å²) in [4.78, 5) is 4.45. The average Bonchev–Trinajstić information content (AvgIpc) is 2.23. The van der Waals surface area contributed by atoms with Crippen molar-refractivity contribution < 1.29 is 0 Å². The Morgan fingerprint density at radius 2 is 1.86 bits per heavy atom. The number of benzene rings is 1. The van der Waals surface area contributed by atoms with E-state index in [1.165, 1.54) is 0 Å². The number of nitrogens with two attached hydrogens (primary N) is 1. The van der Waals surface area contributed by atoms with Crippen LogP contribution in [0, 0.1) is 0 Å². The number of hydrogen-bond acceptors (Lipinski definition) is 2.